The number of carbonyl (C=O) groups is 2. The van der Waals surface area contributed by atoms with Gasteiger partial charge in [0.05, 0.1) is 19.6 Å². The van der Waals surface area contributed by atoms with Gasteiger partial charge in [0.25, 0.3) is 0 Å². The number of para-hydroxylation sites is 1. The van der Waals surface area contributed by atoms with E-state index in [0.29, 0.717) is 22.6 Å². The number of hydrogen-bond donors (Lipinski definition) is 1. The van der Waals surface area contributed by atoms with Crippen LogP contribution in [0.3, 0.4) is 0 Å². The van der Waals surface area contributed by atoms with Crippen molar-refractivity contribution in [3.63, 3.8) is 0 Å². The Morgan fingerprint density at radius 1 is 1.12 bits per heavy atom. The SMILES string of the molecule is COc1ccc(C(=O)C=Cc2ccccc2OC(C)C)cc1CC(=O)O. The van der Waals surface area contributed by atoms with Gasteiger partial charge in [-0.25, -0.2) is 0 Å². The maximum atomic E-state index is 12.5. The number of carboxylic acid groups (broad SMARTS) is 1. The van der Waals surface area contributed by atoms with Crippen molar-refractivity contribution in [3.8, 4) is 11.5 Å². The van der Waals surface area contributed by atoms with E-state index in [1.165, 1.54) is 13.2 Å². The highest BCUT2D eigenvalue weighted by molar-refractivity contribution is 6.07. The van der Waals surface area contributed by atoms with Gasteiger partial charge in [0, 0.05) is 16.7 Å². The molecule has 0 saturated heterocycles. The first-order valence-electron chi connectivity index (χ1n) is 8.27. The van der Waals surface area contributed by atoms with Crippen LogP contribution < -0.4 is 9.47 Å². The molecular formula is C21H22O5. The summed E-state index contributed by atoms with van der Waals surface area (Å²) in [6.07, 6.45) is 2.97. The summed E-state index contributed by atoms with van der Waals surface area (Å²) in [4.78, 5) is 23.5. The number of benzene rings is 2. The van der Waals surface area contributed by atoms with Crippen LogP contribution in [-0.4, -0.2) is 30.1 Å². The Bertz CT molecular complexity index is 821. The average Bonchev–Trinajstić information content (AvgIpc) is 2.59. The molecule has 0 atom stereocenters. The highest BCUT2D eigenvalue weighted by Crippen LogP contribution is 2.23. The van der Waals surface area contributed by atoms with E-state index in [-0.39, 0.29) is 18.3 Å². The number of aliphatic carboxylic acids is 1. The number of ketones is 1. The second-order valence-electron chi connectivity index (χ2n) is 6.00. The molecule has 0 aromatic heterocycles. The fraction of sp³-hybridized carbons (Fsp3) is 0.238. The van der Waals surface area contributed by atoms with Gasteiger partial charge < -0.3 is 14.6 Å². The summed E-state index contributed by atoms with van der Waals surface area (Å²) in [6.45, 7) is 3.87. The molecule has 0 radical (unpaired) electrons. The zero-order valence-corrected chi connectivity index (χ0v) is 15.1. The molecule has 0 fully saturated rings. The van der Waals surface area contributed by atoms with Crippen molar-refractivity contribution in [2.24, 2.45) is 0 Å². The molecule has 2 rings (SSSR count). The summed E-state index contributed by atoms with van der Waals surface area (Å²) < 4.78 is 10.9. The van der Waals surface area contributed by atoms with Gasteiger partial charge in [-0.3, -0.25) is 9.59 Å². The number of methoxy groups -OCH3 is 1. The van der Waals surface area contributed by atoms with Crippen molar-refractivity contribution in [2.45, 2.75) is 26.4 Å². The van der Waals surface area contributed by atoms with Gasteiger partial charge in [-0.1, -0.05) is 18.2 Å². The number of rotatable bonds is 8. The maximum Gasteiger partial charge on any atom is 0.307 e. The predicted molar refractivity (Wildman–Crippen MR) is 99.9 cm³/mol. The Morgan fingerprint density at radius 2 is 1.85 bits per heavy atom. The molecule has 0 aliphatic rings. The quantitative estimate of drug-likeness (QED) is 0.573. The molecule has 0 saturated carbocycles. The summed E-state index contributed by atoms with van der Waals surface area (Å²) in [5.41, 5.74) is 1.66. The lowest BCUT2D eigenvalue weighted by Crippen LogP contribution is -2.06. The third-order valence-electron chi connectivity index (χ3n) is 3.60. The fourth-order valence-corrected chi connectivity index (χ4v) is 2.47. The van der Waals surface area contributed by atoms with Crippen LogP contribution in [-0.2, 0) is 11.2 Å². The van der Waals surface area contributed by atoms with Gasteiger partial charge in [0.15, 0.2) is 5.78 Å². The van der Waals surface area contributed by atoms with E-state index in [1.54, 1.807) is 24.3 Å². The molecule has 2 aromatic rings. The van der Waals surface area contributed by atoms with Crippen LogP contribution in [0, 0.1) is 0 Å². The van der Waals surface area contributed by atoms with Crippen LogP contribution >= 0.6 is 0 Å². The second-order valence-corrected chi connectivity index (χ2v) is 6.00. The Morgan fingerprint density at radius 3 is 2.50 bits per heavy atom. The molecule has 0 bridgehead atoms. The van der Waals surface area contributed by atoms with Gasteiger partial charge in [0.2, 0.25) is 0 Å². The standard InChI is InChI=1S/C21H22O5/c1-14(2)26-20-7-5-4-6-15(20)8-10-18(22)16-9-11-19(25-3)17(12-16)13-21(23)24/h4-12,14H,13H2,1-3H3,(H,23,24). The fourth-order valence-electron chi connectivity index (χ4n) is 2.47. The maximum absolute atomic E-state index is 12.5. The normalized spacial score (nSPS) is 10.9. The molecule has 5 nitrogen and oxygen atoms in total. The van der Waals surface area contributed by atoms with E-state index in [0.717, 1.165) is 5.56 Å². The Labute approximate surface area is 152 Å². The van der Waals surface area contributed by atoms with Crippen molar-refractivity contribution < 1.29 is 24.2 Å². The molecule has 0 spiro atoms. The summed E-state index contributed by atoms with van der Waals surface area (Å²) in [5, 5.41) is 9.00. The molecule has 26 heavy (non-hydrogen) atoms. The van der Waals surface area contributed by atoms with E-state index in [2.05, 4.69) is 0 Å². The van der Waals surface area contributed by atoms with Gasteiger partial charge in [-0.2, -0.15) is 0 Å². The molecule has 1 N–H and O–H groups in total. The first-order chi connectivity index (χ1) is 12.4. The monoisotopic (exact) mass is 354 g/mol. The summed E-state index contributed by atoms with van der Waals surface area (Å²) in [7, 11) is 1.47. The van der Waals surface area contributed by atoms with Gasteiger partial charge in [-0.15, -0.1) is 0 Å². The number of allylic oxidation sites excluding steroid dienone is 1. The van der Waals surface area contributed by atoms with E-state index >= 15 is 0 Å². The van der Waals surface area contributed by atoms with Crippen LogP contribution in [0.4, 0.5) is 0 Å². The van der Waals surface area contributed by atoms with Crippen LogP contribution in [0.15, 0.2) is 48.5 Å². The summed E-state index contributed by atoms with van der Waals surface area (Å²) in [6, 6.07) is 12.2. The molecule has 0 heterocycles. The second kappa shape index (κ2) is 8.85. The van der Waals surface area contributed by atoms with Crippen LogP contribution in [0.5, 0.6) is 11.5 Å². The van der Waals surface area contributed by atoms with Crippen molar-refractivity contribution in [2.75, 3.05) is 7.11 Å². The third kappa shape index (κ3) is 5.21. The average molecular weight is 354 g/mol. The van der Waals surface area contributed by atoms with Crippen LogP contribution in [0.1, 0.15) is 35.3 Å². The predicted octanol–water partition coefficient (Wildman–Crippen LogP) is 4.01. The lowest BCUT2D eigenvalue weighted by Gasteiger charge is -2.12. The van der Waals surface area contributed by atoms with Crippen LogP contribution in [0.25, 0.3) is 6.08 Å². The Kier molecular flexibility index (Phi) is 6.55. The molecule has 0 aliphatic heterocycles. The molecule has 0 amide bonds. The number of ether oxygens (including phenoxy) is 2. The van der Waals surface area contributed by atoms with E-state index in [1.807, 2.05) is 38.1 Å². The number of carbonyl (C=O) groups excluding carboxylic acids is 1. The van der Waals surface area contributed by atoms with Crippen molar-refractivity contribution >= 4 is 17.8 Å². The minimum absolute atomic E-state index is 0.0282. The summed E-state index contributed by atoms with van der Waals surface area (Å²) in [5.74, 6) is -0.0571. The topological polar surface area (TPSA) is 72.8 Å². The minimum atomic E-state index is -0.983. The van der Waals surface area contributed by atoms with Crippen molar-refractivity contribution in [1.29, 1.82) is 0 Å². The Hall–Kier alpha value is -3.08. The zero-order valence-electron chi connectivity index (χ0n) is 15.1. The van der Waals surface area contributed by atoms with E-state index in [4.69, 9.17) is 14.6 Å². The van der Waals surface area contributed by atoms with E-state index < -0.39 is 5.97 Å². The van der Waals surface area contributed by atoms with Crippen molar-refractivity contribution in [3.05, 3.63) is 65.2 Å². The molecule has 0 unspecified atom stereocenters. The number of carboxylic acids is 1. The lowest BCUT2D eigenvalue weighted by atomic mass is 10.0. The third-order valence-corrected chi connectivity index (χ3v) is 3.60. The highest BCUT2D eigenvalue weighted by Gasteiger charge is 2.11. The smallest absolute Gasteiger partial charge is 0.307 e. The van der Waals surface area contributed by atoms with E-state index in [9.17, 15) is 9.59 Å². The lowest BCUT2D eigenvalue weighted by molar-refractivity contribution is -0.136. The molecule has 136 valence electrons. The molecule has 5 heteroatoms. The summed E-state index contributed by atoms with van der Waals surface area (Å²) >= 11 is 0. The minimum Gasteiger partial charge on any atom is -0.496 e. The highest BCUT2D eigenvalue weighted by atomic mass is 16.5. The van der Waals surface area contributed by atoms with Crippen LogP contribution in [0.2, 0.25) is 0 Å². The first kappa shape index (κ1) is 19.2. The Balaban J connectivity index is 2.25. The van der Waals surface area contributed by atoms with Gasteiger partial charge in [0.1, 0.15) is 11.5 Å². The van der Waals surface area contributed by atoms with Gasteiger partial charge in [-0.05, 0) is 50.3 Å². The number of hydrogen-bond acceptors (Lipinski definition) is 4. The molecular weight excluding hydrogens is 332 g/mol. The van der Waals surface area contributed by atoms with Gasteiger partial charge >= 0.3 is 5.97 Å². The molecule has 2 aromatic carbocycles. The first-order valence-corrected chi connectivity index (χ1v) is 8.27. The largest absolute Gasteiger partial charge is 0.496 e. The zero-order chi connectivity index (χ0) is 19.1. The molecule has 0 aliphatic carbocycles. The van der Waals surface area contributed by atoms with Crippen molar-refractivity contribution in [1.82, 2.24) is 0 Å².